The Labute approximate surface area is 118 Å². The van der Waals surface area contributed by atoms with Gasteiger partial charge in [-0.1, -0.05) is 13.0 Å². The summed E-state index contributed by atoms with van der Waals surface area (Å²) in [5.74, 6) is 0.184. The third-order valence-electron chi connectivity index (χ3n) is 3.92. The van der Waals surface area contributed by atoms with Crippen LogP contribution in [0, 0.1) is 0 Å². The number of likely N-dealkylation sites (N-methyl/N-ethyl adjacent to an activating group) is 1. The summed E-state index contributed by atoms with van der Waals surface area (Å²) in [6.45, 7) is 6.85. The fourth-order valence-corrected chi connectivity index (χ4v) is 2.65. The van der Waals surface area contributed by atoms with E-state index in [1.54, 1.807) is 0 Å². The van der Waals surface area contributed by atoms with Gasteiger partial charge in [-0.2, -0.15) is 0 Å². The molecule has 106 valence electrons. The Hall–Kier alpha value is -1.88. The van der Waals surface area contributed by atoms with E-state index < -0.39 is 0 Å². The summed E-state index contributed by atoms with van der Waals surface area (Å²) in [5, 5.41) is 0. The Bertz CT molecular complexity index is 566. The summed E-state index contributed by atoms with van der Waals surface area (Å²) >= 11 is 0. The first-order chi connectivity index (χ1) is 9.76. The molecule has 0 bridgehead atoms. The minimum Gasteiger partial charge on any atom is -0.340 e. The molecule has 0 atom stereocenters. The zero-order valence-corrected chi connectivity index (χ0v) is 11.8. The van der Waals surface area contributed by atoms with Crippen LogP contribution in [0.2, 0.25) is 0 Å². The minimum atomic E-state index is 0.184. The molecule has 0 aliphatic carbocycles. The Morgan fingerprint density at radius 3 is 2.75 bits per heavy atom. The van der Waals surface area contributed by atoms with Crippen LogP contribution in [-0.2, 0) is 11.2 Å². The van der Waals surface area contributed by atoms with Crippen molar-refractivity contribution in [2.45, 2.75) is 13.3 Å². The molecule has 1 aliphatic rings. The standard InChI is InChI=1S/C15H20N4O/c1-2-17-7-9-18(10-8-17)15(20)11-13-12-19-6-4-3-5-14(19)16-13/h3-6,12H,2,7-11H2,1H3. The van der Waals surface area contributed by atoms with Crippen molar-refractivity contribution in [1.29, 1.82) is 0 Å². The van der Waals surface area contributed by atoms with Crippen LogP contribution in [0.5, 0.6) is 0 Å². The maximum Gasteiger partial charge on any atom is 0.228 e. The van der Waals surface area contributed by atoms with Crippen molar-refractivity contribution in [1.82, 2.24) is 19.2 Å². The molecule has 1 saturated heterocycles. The van der Waals surface area contributed by atoms with Crippen molar-refractivity contribution in [2.24, 2.45) is 0 Å². The SMILES string of the molecule is CCN1CCN(C(=O)Cc2cn3ccccc3n2)CC1. The molecule has 0 unspecified atom stereocenters. The van der Waals surface area contributed by atoms with Crippen LogP contribution in [0.1, 0.15) is 12.6 Å². The number of pyridine rings is 1. The van der Waals surface area contributed by atoms with Crippen LogP contribution in [0.15, 0.2) is 30.6 Å². The van der Waals surface area contributed by atoms with Gasteiger partial charge in [0.05, 0.1) is 12.1 Å². The molecule has 0 aromatic carbocycles. The number of rotatable bonds is 3. The van der Waals surface area contributed by atoms with Crippen molar-refractivity contribution in [3.05, 3.63) is 36.3 Å². The Morgan fingerprint density at radius 1 is 1.25 bits per heavy atom. The molecule has 0 spiro atoms. The molecular formula is C15H20N4O. The molecule has 0 N–H and O–H groups in total. The number of hydrogen-bond acceptors (Lipinski definition) is 3. The molecular weight excluding hydrogens is 252 g/mol. The van der Waals surface area contributed by atoms with Gasteiger partial charge in [0.15, 0.2) is 0 Å². The van der Waals surface area contributed by atoms with E-state index in [2.05, 4.69) is 16.8 Å². The Morgan fingerprint density at radius 2 is 2.05 bits per heavy atom. The van der Waals surface area contributed by atoms with Crippen molar-refractivity contribution in [3.8, 4) is 0 Å². The zero-order valence-electron chi connectivity index (χ0n) is 11.8. The van der Waals surface area contributed by atoms with Crippen molar-refractivity contribution in [2.75, 3.05) is 32.7 Å². The first-order valence-corrected chi connectivity index (χ1v) is 7.19. The highest BCUT2D eigenvalue weighted by molar-refractivity contribution is 5.78. The van der Waals surface area contributed by atoms with E-state index in [0.717, 1.165) is 44.1 Å². The summed E-state index contributed by atoms with van der Waals surface area (Å²) in [6.07, 6.45) is 4.29. The molecule has 1 amide bonds. The third kappa shape index (κ3) is 2.67. The maximum atomic E-state index is 12.3. The highest BCUT2D eigenvalue weighted by atomic mass is 16.2. The quantitative estimate of drug-likeness (QED) is 0.838. The number of aromatic nitrogens is 2. The molecule has 0 saturated carbocycles. The van der Waals surface area contributed by atoms with Crippen molar-refractivity contribution < 1.29 is 4.79 Å². The lowest BCUT2D eigenvalue weighted by Gasteiger charge is -2.34. The fourth-order valence-electron chi connectivity index (χ4n) is 2.65. The minimum absolute atomic E-state index is 0.184. The summed E-state index contributed by atoms with van der Waals surface area (Å²) in [6, 6.07) is 5.87. The van der Waals surface area contributed by atoms with E-state index in [-0.39, 0.29) is 5.91 Å². The number of imidazole rings is 1. The van der Waals surface area contributed by atoms with E-state index in [1.807, 2.05) is 39.9 Å². The molecule has 1 fully saturated rings. The summed E-state index contributed by atoms with van der Waals surface area (Å²) in [4.78, 5) is 21.1. The van der Waals surface area contributed by atoms with E-state index in [1.165, 1.54) is 0 Å². The van der Waals surface area contributed by atoms with Gasteiger partial charge in [0.2, 0.25) is 5.91 Å². The van der Waals surface area contributed by atoms with Gasteiger partial charge in [-0.15, -0.1) is 0 Å². The molecule has 5 heteroatoms. The topological polar surface area (TPSA) is 40.9 Å². The second kappa shape index (κ2) is 5.63. The van der Waals surface area contributed by atoms with E-state index in [9.17, 15) is 4.79 Å². The second-order valence-electron chi connectivity index (χ2n) is 5.19. The van der Waals surface area contributed by atoms with Crippen LogP contribution in [0.3, 0.4) is 0 Å². The zero-order chi connectivity index (χ0) is 13.9. The lowest BCUT2D eigenvalue weighted by Crippen LogP contribution is -2.48. The third-order valence-corrected chi connectivity index (χ3v) is 3.92. The van der Waals surface area contributed by atoms with E-state index in [4.69, 9.17) is 0 Å². The van der Waals surface area contributed by atoms with E-state index in [0.29, 0.717) is 6.42 Å². The first-order valence-electron chi connectivity index (χ1n) is 7.19. The lowest BCUT2D eigenvalue weighted by atomic mass is 10.2. The average molecular weight is 272 g/mol. The van der Waals surface area contributed by atoms with Crippen LogP contribution in [0.25, 0.3) is 5.65 Å². The van der Waals surface area contributed by atoms with Crippen LogP contribution < -0.4 is 0 Å². The first kappa shape index (κ1) is 13.1. The monoisotopic (exact) mass is 272 g/mol. The van der Waals surface area contributed by atoms with E-state index >= 15 is 0 Å². The summed E-state index contributed by atoms with van der Waals surface area (Å²) in [7, 11) is 0. The highest BCUT2D eigenvalue weighted by Crippen LogP contribution is 2.08. The molecule has 3 heterocycles. The number of fused-ring (bicyclic) bond motifs is 1. The van der Waals surface area contributed by atoms with Crippen molar-refractivity contribution >= 4 is 11.6 Å². The number of amides is 1. The molecule has 5 nitrogen and oxygen atoms in total. The fraction of sp³-hybridized carbons (Fsp3) is 0.467. The van der Waals surface area contributed by atoms with Gasteiger partial charge in [-0.25, -0.2) is 4.98 Å². The van der Waals surface area contributed by atoms with Gasteiger partial charge in [0.1, 0.15) is 5.65 Å². The molecule has 20 heavy (non-hydrogen) atoms. The van der Waals surface area contributed by atoms with Crippen LogP contribution in [-0.4, -0.2) is 57.8 Å². The Balaban J connectivity index is 1.64. The summed E-state index contributed by atoms with van der Waals surface area (Å²) < 4.78 is 1.96. The number of piperazine rings is 1. The predicted molar refractivity (Wildman–Crippen MR) is 77.6 cm³/mol. The number of carbonyl (C=O) groups is 1. The van der Waals surface area contributed by atoms with Crippen LogP contribution in [0.4, 0.5) is 0 Å². The molecule has 0 radical (unpaired) electrons. The molecule has 2 aromatic rings. The molecule has 2 aromatic heterocycles. The maximum absolute atomic E-state index is 12.3. The van der Waals surface area contributed by atoms with Crippen molar-refractivity contribution in [3.63, 3.8) is 0 Å². The second-order valence-corrected chi connectivity index (χ2v) is 5.19. The number of hydrogen-bond donors (Lipinski definition) is 0. The number of carbonyl (C=O) groups excluding carboxylic acids is 1. The summed E-state index contributed by atoms with van der Waals surface area (Å²) in [5.41, 5.74) is 1.74. The van der Waals surface area contributed by atoms with Gasteiger partial charge in [-0.3, -0.25) is 4.79 Å². The lowest BCUT2D eigenvalue weighted by molar-refractivity contribution is -0.132. The predicted octanol–water partition coefficient (Wildman–Crippen LogP) is 1.04. The van der Waals surface area contributed by atoms with Gasteiger partial charge in [0, 0.05) is 38.6 Å². The van der Waals surface area contributed by atoms with Gasteiger partial charge < -0.3 is 14.2 Å². The van der Waals surface area contributed by atoms with Gasteiger partial charge in [-0.05, 0) is 18.7 Å². The highest BCUT2D eigenvalue weighted by Gasteiger charge is 2.20. The van der Waals surface area contributed by atoms with Gasteiger partial charge >= 0.3 is 0 Å². The number of nitrogens with zero attached hydrogens (tertiary/aromatic N) is 4. The molecule has 3 rings (SSSR count). The molecule has 1 aliphatic heterocycles. The smallest absolute Gasteiger partial charge is 0.228 e. The largest absolute Gasteiger partial charge is 0.340 e. The van der Waals surface area contributed by atoms with Crippen LogP contribution >= 0.6 is 0 Å². The average Bonchev–Trinajstić information content (AvgIpc) is 2.89. The normalized spacial score (nSPS) is 16.8. The Kier molecular flexibility index (Phi) is 3.69. The van der Waals surface area contributed by atoms with Gasteiger partial charge in [0.25, 0.3) is 0 Å².